The zero-order valence-corrected chi connectivity index (χ0v) is 16.0. The Morgan fingerprint density at radius 3 is 2.96 bits per heavy atom. The van der Waals surface area contributed by atoms with Gasteiger partial charge in [-0.2, -0.15) is 5.10 Å². The van der Waals surface area contributed by atoms with Crippen LogP contribution in [0.1, 0.15) is 54.0 Å². The first kappa shape index (κ1) is 17.1. The van der Waals surface area contributed by atoms with Crippen molar-refractivity contribution in [2.75, 3.05) is 5.75 Å². The lowest BCUT2D eigenvalue weighted by Crippen LogP contribution is -2.31. The molecule has 1 aliphatic heterocycles. The first-order valence-electron chi connectivity index (χ1n) is 8.92. The highest BCUT2D eigenvalue weighted by Gasteiger charge is 2.23. The Morgan fingerprint density at radius 1 is 1.35 bits per heavy atom. The Bertz CT molecular complexity index is 979. The zero-order chi connectivity index (χ0) is 18.3. The summed E-state index contributed by atoms with van der Waals surface area (Å²) in [6, 6.07) is 10.5. The lowest BCUT2D eigenvalue weighted by atomic mass is 10.0. The summed E-state index contributed by atoms with van der Waals surface area (Å²) in [5, 5.41) is 8.51. The molecule has 4 rings (SSSR count). The molecule has 0 saturated heterocycles. The van der Waals surface area contributed by atoms with Gasteiger partial charge in [0, 0.05) is 22.1 Å². The van der Waals surface area contributed by atoms with E-state index in [-0.39, 0.29) is 18.0 Å². The van der Waals surface area contributed by atoms with Gasteiger partial charge in [-0.05, 0) is 44.9 Å². The summed E-state index contributed by atoms with van der Waals surface area (Å²) >= 11 is 1.85. The first-order chi connectivity index (χ1) is 12.5. The molecule has 3 aromatic rings. The van der Waals surface area contributed by atoms with E-state index in [0.717, 1.165) is 28.9 Å². The van der Waals surface area contributed by atoms with Gasteiger partial charge in [0.15, 0.2) is 5.65 Å². The monoisotopic (exact) mass is 366 g/mol. The Kier molecular flexibility index (Phi) is 4.44. The molecule has 134 valence electrons. The molecule has 0 spiro atoms. The predicted octanol–water partition coefficient (Wildman–Crippen LogP) is 4.29. The number of aromatic nitrogens is 3. The SMILES string of the molecule is Cc1nc2c(cnn2C(C)C)cc1C(=O)NC1CCSc2ccccc21. The maximum atomic E-state index is 12.9. The fourth-order valence-electron chi connectivity index (χ4n) is 3.40. The maximum Gasteiger partial charge on any atom is 0.253 e. The van der Waals surface area contributed by atoms with Gasteiger partial charge >= 0.3 is 0 Å². The minimum absolute atomic E-state index is 0.0495. The summed E-state index contributed by atoms with van der Waals surface area (Å²) in [6.45, 7) is 6.03. The zero-order valence-electron chi connectivity index (χ0n) is 15.2. The van der Waals surface area contributed by atoms with Crippen molar-refractivity contribution in [3.05, 3.63) is 53.3 Å². The van der Waals surface area contributed by atoms with Gasteiger partial charge in [0.25, 0.3) is 5.91 Å². The number of aryl methyl sites for hydroxylation is 1. The van der Waals surface area contributed by atoms with Crippen LogP contribution in [0.15, 0.2) is 41.4 Å². The van der Waals surface area contributed by atoms with Crippen LogP contribution in [0.3, 0.4) is 0 Å². The Morgan fingerprint density at radius 2 is 2.15 bits per heavy atom. The van der Waals surface area contributed by atoms with Gasteiger partial charge in [-0.15, -0.1) is 11.8 Å². The third kappa shape index (κ3) is 2.98. The van der Waals surface area contributed by atoms with Crippen molar-refractivity contribution in [2.45, 2.75) is 44.2 Å². The van der Waals surface area contributed by atoms with Crippen LogP contribution in [-0.4, -0.2) is 26.4 Å². The standard InChI is InChI=1S/C20H22N4OS/c1-12(2)24-19-14(11-21-24)10-16(13(3)22-19)20(25)23-17-8-9-26-18-7-5-4-6-15(17)18/h4-7,10-12,17H,8-9H2,1-3H3,(H,23,25). The average molecular weight is 366 g/mol. The lowest BCUT2D eigenvalue weighted by molar-refractivity contribution is 0.0934. The number of hydrogen-bond donors (Lipinski definition) is 1. The van der Waals surface area contributed by atoms with Gasteiger partial charge in [-0.25, -0.2) is 9.67 Å². The van der Waals surface area contributed by atoms with E-state index in [2.05, 4.69) is 41.4 Å². The lowest BCUT2D eigenvalue weighted by Gasteiger charge is -2.26. The van der Waals surface area contributed by atoms with E-state index < -0.39 is 0 Å². The van der Waals surface area contributed by atoms with Gasteiger partial charge < -0.3 is 5.32 Å². The predicted molar refractivity (Wildman–Crippen MR) is 105 cm³/mol. The largest absolute Gasteiger partial charge is 0.345 e. The van der Waals surface area contributed by atoms with Gasteiger partial charge in [-0.1, -0.05) is 18.2 Å². The second-order valence-corrected chi connectivity index (χ2v) is 8.05. The Balaban J connectivity index is 1.64. The van der Waals surface area contributed by atoms with Crippen LogP contribution in [0.25, 0.3) is 11.0 Å². The highest BCUT2D eigenvalue weighted by Crippen LogP contribution is 2.36. The minimum atomic E-state index is -0.0686. The number of thioether (sulfide) groups is 1. The molecule has 1 amide bonds. The summed E-state index contributed by atoms with van der Waals surface area (Å²) in [5.74, 6) is 0.945. The molecule has 3 heterocycles. The third-order valence-electron chi connectivity index (χ3n) is 4.76. The Hall–Kier alpha value is -2.34. The number of nitrogens with zero attached hydrogens (tertiary/aromatic N) is 3. The van der Waals surface area contributed by atoms with E-state index in [9.17, 15) is 4.79 Å². The van der Waals surface area contributed by atoms with E-state index in [1.807, 2.05) is 41.6 Å². The molecule has 6 heteroatoms. The number of benzene rings is 1. The number of fused-ring (bicyclic) bond motifs is 2. The van der Waals surface area contributed by atoms with Gasteiger partial charge in [0.05, 0.1) is 23.5 Å². The first-order valence-corrected chi connectivity index (χ1v) is 9.90. The Labute approximate surface area is 157 Å². The molecule has 26 heavy (non-hydrogen) atoms. The minimum Gasteiger partial charge on any atom is -0.345 e. The van der Waals surface area contributed by atoms with E-state index >= 15 is 0 Å². The van der Waals surface area contributed by atoms with Crippen molar-refractivity contribution in [3.63, 3.8) is 0 Å². The van der Waals surface area contributed by atoms with Crippen molar-refractivity contribution >= 4 is 28.7 Å². The molecule has 0 radical (unpaired) electrons. The smallest absolute Gasteiger partial charge is 0.253 e. The van der Waals surface area contributed by atoms with Crippen molar-refractivity contribution in [3.8, 4) is 0 Å². The molecule has 1 aromatic carbocycles. The maximum absolute atomic E-state index is 12.9. The number of carbonyl (C=O) groups is 1. The number of rotatable bonds is 3. The molecular weight excluding hydrogens is 344 g/mol. The average Bonchev–Trinajstić information content (AvgIpc) is 3.04. The number of amides is 1. The van der Waals surface area contributed by atoms with Gasteiger partial charge in [-0.3, -0.25) is 4.79 Å². The summed E-state index contributed by atoms with van der Waals surface area (Å²) in [7, 11) is 0. The molecule has 0 aliphatic carbocycles. The molecule has 2 aromatic heterocycles. The molecule has 0 bridgehead atoms. The van der Waals surface area contributed by atoms with E-state index in [4.69, 9.17) is 0 Å². The van der Waals surface area contributed by atoms with Crippen LogP contribution in [-0.2, 0) is 0 Å². The van der Waals surface area contributed by atoms with Crippen LogP contribution in [0.2, 0.25) is 0 Å². The normalized spacial score (nSPS) is 16.7. The quantitative estimate of drug-likeness (QED) is 0.751. The van der Waals surface area contributed by atoms with Gasteiger partial charge in [0.2, 0.25) is 0 Å². The number of carbonyl (C=O) groups excluding carboxylic acids is 1. The highest BCUT2D eigenvalue weighted by molar-refractivity contribution is 7.99. The van der Waals surface area contributed by atoms with Gasteiger partial charge in [0.1, 0.15) is 0 Å². The fraction of sp³-hybridized carbons (Fsp3) is 0.350. The number of nitrogens with one attached hydrogen (secondary N) is 1. The highest BCUT2D eigenvalue weighted by atomic mass is 32.2. The van der Waals surface area contributed by atoms with Crippen LogP contribution in [0, 0.1) is 6.92 Å². The third-order valence-corrected chi connectivity index (χ3v) is 5.88. The molecule has 1 unspecified atom stereocenters. The summed E-state index contributed by atoms with van der Waals surface area (Å²) in [5.41, 5.74) is 3.39. The summed E-state index contributed by atoms with van der Waals surface area (Å²) in [6.07, 6.45) is 2.72. The van der Waals surface area contributed by atoms with Crippen molar-refractivity contribution in [2.24, 2.45) is 0 Å². The second-order valence-electron chi connectivity index (χ2n) is 6.92. The molecule has 1 aliphatic rings. The molecule has 1 N–H and O–H groups in total. The van der Waals surface area contributed by atoms with Crippen LogP contribution >= 0.6 is 11.8 Å². The molecule has 0 fully saturated rings. The number of hydrogen-bond acceptors (Lipinski definition) is 4. The molecular formula is C20H22N4OS. The summed E-state index contributed by atoms with van der Waals surface area (Å²) in [4.78, 5) is 18.9. The second kappa shape index (κ2) is 6.76. The number of pyridine rings is 1. The van der Waals surface area contributed by atoms with E-state index in [0.29, 0.717) is 5.56 Å². The molecule has 0 saturated carbocycles. The van der Waals surface area contributed by atoms with Crippen LogP contribution in [0.4, 0.5) is 0 Å². The van der Waals surface area contributed by atoms with Crippen LogP contribution in [0.5, 0.6) is 0 Å². The van der Waals surface area contributed by atoms with Crippen LogP contribution < -0.4 is 5.32 Å². The fourth-order valence-corrected chi connectivity index (χ4v) is 4.53. The van der Waals surface area contributed by atoms with E-state index in [1.165, 1.54) is 10.5 Å². The molecule has 1 atom stereocenters. The topological polar surface area (TPSA) is 59.8 Å². The molecule has 5 nitrogen and oxygen atoms in total. The van der Waals surface area contributed by atoms with E-state index in [1.54, 1.807) is 6.20 Å². The van der Waals surface area contributed by atoms with Crippen molar-refractivity contribution in [1.29, 1.82) is 0 Å². The summed E-state index contributed by atoms with van der Waals surface area (Å²) < 4.78 is 1.89. The van der Waals surface area contributed by atoms with Crippen molar-refractivity contribution in [1.82, 2.24) is 20.1 Å². The van der Waals surface area contributed by atoms with Crippen molar-refractivity contribution < 1.29 is 4.79 Å².